The monoisotopic (exact) mass is 362 g/mol. The molecule has 0 bridgehead atoms. The van der Waals surface area contributed by atoms with Gasteiger partial charge in [-0.15, -0.1) is 0 Å². The zero-order valence-corrected chi connectivity index (χ0v) is 15.6. The van der Waals surface area contributed by atoms with E-state index in [1.54, 1.807) is 6.33 Å². The lowest BCUT2D eigenvalue weighted by Crippen LogP contribution is -2.42. The standard InChI is InChI=1S/C22H26N4O/c27-22-21(8-4-5-11-26(22)16-18-6-2-1-3-7-18)19-9-12-25(13-10-19)20-14-23-17-24-15-20/h1-7,14-15,17,19,21H,8-13,16H2/t21-/m0/s1. The molecular weight excluding hydrogens is 336 g/mol. The van der Waals surface area contributed by atoms with E-state index in [-0.39, 0.29) is 5.92 Å². The highest BCUT2D eigenvalue weighted by atomic mass is 16.2. The maximum atomic E-state index is 13.3. The first-order valence-corrected chi connectivity index (χ1v) is 9.79. The highest BCUT2D eigenvalue weighted by Gasteiger charge is 2.34. The number of piperidine rings is 1. The van der Waals surface area contributed by atoms with Gasteiger partial charge < -0.3 is 9.80 Å². The third kappa shape index (κ3) is 4.18. The first-order chi connectivity index (χ1) is 13.3. The Bertz CT molecular complexity index is 769. The van der Waals surface area contributed by atoms with E-state index in [0.29, 0.717) is 24.9 Å². The molecule has 1 fully saturated rings. The van der Waals surface area contributed by atoms with Gasteiger partial charge in [0, 0.05) is 32.1 Å². The lowest BCUT2D eigenvalue weighted by molar-refractivity contribution is -0.137. The smallest absolute Gasteiger partial charge is 0.226 e. The van der Waals surface area contributed by atoms with Crippen LogP contribution in [0.25, 0.3) is 0 Å². The molecule has 0 N–H and O–H groups in total. The van der Waals surface area contributed by atoms with Gasteiger partial charge in [0.2, 0.25) is 5.91 Å². The average Bonchev–Trinajstić information content (AvgIpc) is 2.91. The molecule has 5 heteroatoms. The number of aromatic nitrogens is 2. The van der Waals surface area contributed by atoms with Crippen LogP contribution >= 0.6 is 0 Å². The second-order valence-electron chi connectivity index (χ2n) is 7.44. The minimum Gasteiger partial charge on any atom is -0.369 e. The van der Waals surface area contributed by atoms with Crippen molar-refractivity contribution in [2.75, 3.05) is 24.5 Å². The molecule has 1 saturated heterocycles. The molecule has 2 aromatic rings. The minimum atomic E-state index is 0.0987. The highest BCUT2D eigenvalue weighted by Crippen LogP contribution is 2.32. The van der Waals surface area contributed by atoms with E-state index in [2.05, 4.69) is 39.2 Å². The Labute approximate surface area is 160 Å². The molecule has 1 amide bonds. The lowest BCUT2D eigenvalue weighted by Gasteiger charge is -2.37. The number of benzene rings is 1. The van der Waals surface area contributed by atoms with Crippen molar-refractivity contribution in [3.63, 3.8) is 0 Å². The van der Waals surface area contributed by atoms with Gasteiger partial charge in [-0.3, -0.25) is 4.79 Å². The number of hydrogen-bond donors (Lipinski definition) is 0. The van der Waals surface area contributed by atoms with Gasteiger partial charge in [0.25, 0.3) is 0 Å². The van der Waals surface area contributed by atoms with Gasteiger partial charge in [-0.25, -0.2) is 9.97 Å². The van der Waals surface area contributed by atoms with Gasteiger partial charge in [-0.2, -0.15) is 0 Å². The Kier molecular flexibility index (Phi) is 5.47. The van der Waals surface area contributed by atoms with Gasteiger partial charge in [0.05, 0.1) is 18.1 Å². The summed E-state index contributed by atoms with van der Waals surface area (Å²) < 4.78 is 0. The van der Waals surface area contributed by atoms with E-state index in [0.717, 1.165) is 38.0 Å². The molecule has 0 unspecified atom stereocenters. The second kappa shape index (κ2) is 8.33. The third-order valence-corrected chi connectivity index (χ3v) is 5.75. The molecule has 3 heterocycles. The number of carbonyl (C=O) groups excluding carboxylic acids is 1. The topological polar surface area (TPSA) is 49.3 Å². The van der Waals surface area contributed by atoms with Crippen molar-refractivity contribution < 1.29 is 4.79 Å². The van der Waals surface area contributed by atoms with E-state index in [1.807, 2.05) is 35.5 Å². The van der Waals surface area contributed by atoms with Crippen molar-refractivity contribution in [3.8, 4) is 0 Å². The Balaban J connectivity index is 1.40. The fourth-order valence-corrected chi connectivity index (χ4v) is 4.22. The van der Waals surface area contributed by atoms with Crippen molar-refractivity contribution in [1.82, 2.24) is 14.9 Å². The van der Waals surface area contributed by atoms with E-state index in [1.165, 1.54) is 5.56 Å². The van der Waals surface area contributed by atoms with Crippen LogP contribution in [0.3, 0.4) is 0 Å². The predicted molar refractivity (Wildman–Crippen MR) is 106 cm³/mol. The lowest BCUT2D eigenvalue weighted by atomic mass is 9.81. The molecule has 1 aromatic carbocycles. The first kappa shape index (κ1) is 17.7. The molecule has 0 saturated carbocycles. The normalized spacial score (nSPS) is 21.3. The van der Waals surface area contributed by atoms with Crippen molar-refractivity contribution in [1.29, 1.82) is 0 Å². The van der Waals surface area contributed by atoms with Crippen LogP contribution in [-0.4, -0.2) is 40.4 Å². The Morgan fingerprint density at radius 2 is 1.74 bits per heavy atom. The third-order valence-electron chi connectivity index (χ3n) is 5.75. The minimum absolute atomic E-state index is 0.0987. The quantitative estimate of drug-likeness (QED) is 0.783. The van der Waals surface area contributed by atoms with Crippen molar-refractivity contribution in [2.45, 2.75) is 25.8 Å². The fourth-order valence-electron chi connectivity index (χ4n) is 4.22. The summed E-state index contributed by atoms with van der Waals surface area (Å²) in [7, 11) is 0. The SMILES string of the molecule is O=C1[C@H](C2CCN(c3cncnc3)CC2)CC=CCN1Cc1ccccc1. The number of hydrogen-bond acceptors (Lipinski definition) is 4. The van der Waals surface area contributed by atoms with Crippen molar-refractivity contribution in [3.05, 3.63) is 66.8 Å². The van der Waals surface area contributed by atoms with E-state index >= 15 is 0 Å². The number of amides is 1. The Morgan fingerprint density at radius 3 is 2.48 bits per heavy atom. The molecule has 2 aliphatic heterocycles. The largest absolute Gasteiger partial charge is 0.369 e. The van der Waals surface area contributed by atoms with Crippen LogP contribution < -0.4 is 4.90 Å². The number of anilines is 1. The summed E-state index contributed by atoms with van der Waals surface area (Å²) in [5.41, 5.74) is 2.27. The van der Waals surface area contributed by atoms with Gasteiger partial charge in [0.1, 0.15) is 6.33 Å². The zero-order valence-electron chi connectivity index (χ0n) is 15.6. The van der Waals surface area contributed by atoms with Crippen LogP contribution in [0.5, 0.6) is 0 Å². The molecule has 5 nitrogen and oxygen atoms in total. The molecule has 27 heavy (non-hydrogen) atoms. The molecule has 1 aromatic heterocycles. The summed E-state index contributed by atoms with van der Waals surface area (Å²) in [5.74, 6) is 0.853. The highest BCUT2D eigenvalue weighted by molar-refractivity contribution is 5.80. The molecule has 0 spiro atoms. The first-order valence-electron chi connectivity index (χ1n) is 9.79. The van der Waals surface area contributed by atoms with Crippen LogP contribution in [-0.2, 0) is 11.3 Å². The molecule has 4 rings (SSSR count). The summed E-state index contributed by atoms with van der Waals surface area (Å²) in [6, 6.07) is 10.3. The van der Waals surface area contributed by atoms with E-state index in [9.17, 15) is 4.79 Å². The van der Waals surface area contributed by atoms with Crippen LogP contribution in [0, 0.1) is 11.8 Å². The van der Waals surface area contributed by atoms with Gasteiger partial charge in [-0.1, -0.05) is 42.5 Å². The summed E-state index contributed by atoms with van der Waals surface area (Å²) in [4.78, 5) is 25.8. The summed E-state index contributed by atoms with van der Waals surface area (Å²) >= 11 is 0. The predicted octanol–water partition coefficient (Wildman–Crippen LogP) is 3.30. The maximum absolute atomic E-state index is 13.3. The van der Waals surface area contributed by atoms with E-state index < -0.39 is 0 Å². The molecule has 0 radical (unpaired) electrons. The van der Waals surface area contributed by atoms with Crippen LogP contribution in [0.1, 0.15) is 24.8 Å². The Morgan fingerprint density at radius 1 is 1.00 bits per heavy atom. The van der Waals surface area contributed by atoms with Gasteiger partial charge in [-0.05, 0) is 30.7 Å². The summed E-state index contributed by atoms with van der Waals surface area (Å²) in [5, 5.41) is 0. The van der Waals surface area contributed by atoms with Crippen LogP contribution in [0.2, 0.25) is 0 Å². The molecular formula is C22H26N4O. The molecule has 140 valence electrons. The van der Waals surface area contributed by atoms with Crippen molar-refractivity contribution in [2.24, 2.45) is 11.8 Å². The fraction of sp³-hybridized carbons (Fsp3) is 0.409. The maximum Gasteiger partial charge on any atom is 0.226 e. The number of nitrogens with zero attached hydrogens (tertiary/aromatic N) is 4. The summed E-state index contributed by atoms with van der Waals surface area (Å²) in [6.45, 7) is 3.33. The number of allylic oxidation sites excluding steroid dienone is 1. The zero-order chi connectivity index (χ0) is 18.5. The van der Waals surface area contributed by atoms with E-state index in [4.69, 9.17) is 0 Å². The Hall–Kier alpha value is -2.69. The average molecular weight is 362 g/mol. The summed E-state index contributed by atoms with van der Waals surface area (Å²) in [6.07, 6.45) is 12.6. The molecule has 2 aliphatic rings. The van der Waals surface area contributed by atoms with Gasteiger partial charge >= 0.3 is 0 Å². The molecule has 1 atom stereocenters. The van der Waals surface area contributed by atoms with Gasteiger partial charge in [0.15, 0.2) is 0 Å². The van der Waals surface area contributed by atoms with Crippen LogP contribution in [0.4, 0.5) is 5.69 Å². The van der Waals surface area contributed by atoms with Crippen molar-refractivity contribution >= 4 is 11.6 Å². The molecule has 0 aliphatic carbocycles. The second-order valence-corrected chi connectivity index (χ2v) is 7.44. The number of rotatable bonds is 4. The van der Waals surface area contributed by atoms with Crippen LogP contribution in [0.15, 0.2) is 61.2 Å². The number of carbonyl (C=O) groups is 1.